The molecule has 0 aromatic rings. The van der Waals surface area contributed by atoms with E-state index in [2.05, 4.69) is 18.7 Å². The van der Waals surface area contributed by atoms with Crippen LogP contribution in [0.4, 0.5) is 0 Å². The molecule has 0 spiro atoms. The number of nitrogens with zero attached hydrogens (tertiary/aromatic N) is 1. The molecule has 2 N–H and O–H groups in total. The van der Waals surface area contributed by atoms with E-state index in [1.165, 1.54) is 44.9 Å². The van der Waals surface area contributed by atoms with Crippen molar-refractivity contribution in [3.8, 4) is 0 Å². The van der Waals surface area contributed by atoms with Crippen LogP contribution in [0.25, 0.3) is 0 Å². The van der Waals surface area contributed by atoms with Gasteiger partial charge in [-0.25, -0.2) is 0 Å². The summed E-state index contributed by atoms with van der Waals surface area (Å²) < 4.78 is 5.81. The summed E-state index contributed by atoms with van der Waals surface area (Å²) in [6, 6.07) is 1.15. The SMILES string of the molecule is CCC1COC(C)CN1C(CN)CC1CCCCC1. The van der Waals surface area contributed by atoms with Crippen molar-refractivity contribution in [3.63, 3.8) is 0 Å². The second-order valence-corrected chi connectivity index (χ2v) is 6.53. The summed E-state index contributed by atoms with van der Waals surface area (Å²) >= 11 is 0. The predicted molar refractivity (Wildman–Crippen MR) is 80.2 cm³/mol. The normalized spacial score (nSPS) is 32.4. The summed E-state index contributed by atoms with van der Waals surface area (Å²) in [5, 5.41) is 0. The molecule has 2 fully saturated rings. The first-order chi connectivity index (χ1) is 9.24. The molecule has 1 heterocycles. The molecule has 19 heavy (non-hydrogen) atoms. The molecule has 0 radical (unpaired) electrons. The van der Waals surface area contributed by atoms with Crippen LogP contribution in [0.15, 0.2) is 0 Å². The molecule has 3 heteroatoms. The van der Waals surface area contributed by atoms with Crippen molar-refractivity contribution < 1.29 is 4.74 Å². The van der Waals surface area contributed by atoms with Gasteiger partial charge in [0.1, 0.15) is 0 Å². The Labute approximate surface area is 118 Å². The van der Waals surface area contributed by atoms with Gasteiger partial charge in [-0.2, -0.15) is 0 Å². The van der Waals surface area contributed by atoms with Crippen LogP contribution in [-0.4, -0.2) is 42.8 Å². The minimum atomic E-state index is 0.364. The van der Waals surface area contributed by atoms with E-state index >= 15 is 0 Å². The third-order valence-electron chi connectivity index (χ3n) is 5.05. The van der Waals surface area contributed by atoms with Crippen molar-refractivity contribution in [2.75, 3.05) is 19.7 Å². The molecule has 0 amide bonds. The Hall–Kier alpha value is -0.120. The third-order valence-corrected chi connectivity index (χ3v) is 5.05. The van der Waals surface area contributed by atoms with E-state index in [1.54, 1.807) is 0 Å². The number of hydrogen-bond donors (Lipinski definition) is 1. The van der Waals surface area contributed by atoms with Gasteiger partial charge in [0.2, 0.25) is 0 Å². The average molecular weight is 268 g/mol. The van der Waals surface area contributed by atoms with Crippen LogP contribution in [0, 0.1) is 5.92 Å². The zero-order chi connectivity index (χ0) is 13.7. The second-order valence-electron chi connectivity index (χ2n) is 6.53. The maximum absolute atomic E-state index is 6.10. The minimum Gasteiger partial charge on any atom is -0.376 e. The number of nitrogens with two attached hydrogens (primary N) is 1. The van der Waals surface area contributed by atoms with Gasteiger partial charge in [0.15, 0.2) is 0 Å². The lowest BCUT2D eigenvalue weighted by molar-refractivity contribution is -0.0746. The van der Waals surface area contributed by atoms with Crippen molar-refractivity contribution >= 4 is 0 Å². The molecule has 1 saturated carbocycles. The van der Waals surface area contributed by atoms with Crippen LogP contribution in [0.2, 0.25) is 0 Å². The van der Waals surface area contributed by atoms with Crippen LogP contribution in [-0.2, 0) is 4.74 Å². The fourth-order valence-electron chi connectivity index (χ4n) is 3.84. The highest BCUT2D eigenvalue weighted by Crippen LogP contribution is 2.30. The summed E-state index contributed by atoms with van der Waals surface area (Å²) in [4.78, 5) is 2.66. The molecule has 2 aliphatic rings. The summed E-state index contributed by atoms with van der Waals surface area (Å²) in [5.41, 5.74) is 6.10. The molecule has 3 nitrogen and oxygen atoms in total. The topological polar surface area (TPSA) is 38.5 Å². The lowest BCUT2D eigenvalue weighted by Gasteiger charge is -2.44. The summed E-state index contributed by atoms with van der Waals surface area (Å²) in [5.74, 6) is 0.915. The third kappa shape index (κ3) is 4.17. The Kier molecular flexibility index (Phi) is 6.11. The quantitative estimate of drug-likeness (QED) is 0.833. The van der Waals surface area contributed by atoms with Crippen molar-refractivity contribution in [2.24, 2.45) is 11.7 Å². The van der Waals surface area contributed by atoms with Gasteiger partial charge in [0.25, 0.3) is 0 Å². The van der Waals surface area contributed by atoms with E-state index in [0.717, 1.165) is 25.6 Å². The summed E-state index contributed by atoms with van der Waals surface area (Å²) in [6.07, 6.45) is 9.99. The molecule has 0 aromatic carbocycles. The van der Waals surface area contributed by atoms with Gasteiger partial charge in [-0.15, -0.1) is 0 Å². The van der Waals surface area contributed by atoms with E-state index in [1.807, 2.05) is 0 Å². The lowest BCUT2D eigenvalue weighted by Crippen LogP contribution is -2.55. The van der Waals surface area contributed by atoms with Crippen LogP contribution in [0.5, 0.6) is 0 Å². The maximum atomic E-state index is 6.10. The summed E-state index contributed by atoms with van der Waals surface area (Å²) in [6.45, 7) is 7.21. The van der Waals surface area contributed by atoms with Gasteiger partial charge in [0.05, 0.1) is 12.7 Å². The van der Waals surface area contributed by atoms with Crippen molar-refractivity contribution in [3.05, 3.63) is 0 Å². The lowest BCUT2D eigenvalue weighted by atomic mass is 9.84. The summed E-state index contributed by atoms with van der Waals surface area (Å²) in [7, 11) is 0. The van der Waals surface area contributed by atoms with Crippen LogP contribution in [0.1, 0.15) is 58.8 Å². The molecule has 3 atom stereocenters. The Bertz CT molecular complexity index is 253. The zero-order valence-corrected chi connectivity index (χ0v) is 12.8. The molecule has 3 unspecified atom stereocenters. The standard InChI is InChI=1S/C16H32N2O/c1-3-15-12-19-13(2)11-18(15)16(10-17)9-14-7-5-4-6-8-14/h13-16H,3-12,17H2,1-2H3. The molecule has 1 aliphatic heterocycles. The Morgan fingerprint density at radius 2 is 2.00 bits per heavy atom. The first kappa shape index (κ1) is 15.3. The first-order valence-electron chi connectivity index (χ1n) is 8.32. The fraction of sp³-hybridized carbons (Fsp3) is 1.00. The van der Waals surface area contributed by atoms with E-state index in [9.17, 15) is 0 Å². The smallest absolute Gasteiger partial charge is 0.0674 e. The van der Waals surface area contributed by atoms with E-state index in [-0.39, 0.29) is 0 Å². The van der Waals surface area contributed by atoms with Gasteiger partial charge in [-0.05, 0) is 25.7 Å². The molecule has 0 bridgehead atoms. The minimum absolute atomic E-state index is 0.364. The molecule has 0 aromatic heterocycles. The molecule has 1 aliphatic carbocycles. The highest BCUT2D eigenvalue weighted by molar-refractivity contribution is 4.86. The maximum Gasteiger partial charge on any atom is 0.0674 e. The molecule has 2 rings (SSSR count). The molecular formula is C16H32N2O. The van der Waals surface area contributed by atoms with Gasteiger partial charge in [0, 0.05) is 25.2 Å². The van der Waals surface area contributed by atoms with Crippen LogP contribution >= 0.6 is 0 Å². The second kappa shape index (κ2) is 7.61. The van der Waals surface area contributed by atoms with Crippen LogP contribution < -0.4 is 5.73 Å². The zero-order valence-electron chi connectivity index (χ0n) is 12.8. The first-order valence-corrected chi connectivity index (χ1v) is 8.32. The Balaban J connectivity index is 1.93. The predicted octanol–water partition coefficient (Wildman–Crippen LogP) is 2.78. The highest BCUT2D eigenvalue weighted by Gasteiger charge is 2.32. The fourth-order valence-corrected chi connectivity index (χ4v) is 3.84. The van der Waals surface area contributed by atoms with E-state index in [0.29, 0.717) is 18.2 Å². The molecule has 1 saturated heterocycles. The van der Waals surface area contributed by atoms with Gasteiger partial charge >= 0.3 is 0 Å². The van der Waals surface area contributed by atoms with Gasteiger partial charge < -0.3 is 10.5 Å². The number of rotatable bonds is 5. The van der Waals surface area contributed by atoms with Crippen molar-refractivity contribution in [1.29, 1.82) is 0 Å². The highest BCUT2D eigenvalue weighted by atomic mass is 16.5. The van der Waals surface area contributed by atoms with E-state index < -0.39 is 0 Å². The van der Waals surface area contributed by atoms with Crippen molar-refractivity contribution in [2.45, 2.75) is 77.0 Å². The average Bonchev–Trinajstić information content (AvgIpc) is 2.46. The van der Waals surface area contributed by atoms with Gasteiger partial charge in [-0.1, -0.05) is 39.0 Å². The number of ether oxygens (including phenoxy) is 1. The Morgan fingerprint density at radius 1 is 1.26 bits per heavy atom. The molecular weight excluding hydrogens is 236 g/mol. The number of morpholine rings is 1. The van der Waals surface area contributed by atoms with Crippen LogP contribution in [0.3, 0.4) is 0 Å². The van der Waals surface area contributed by atoms with Gasteiger partial charge in [-0.3, -0.25) is 4.90 Å². The largest absolute Gasteiger partial charge is 0.376 e. The van der Waals surface area contributed by atoms with Crippen molar-refractivity contribution in [1.82, 2.24) is 4.90 Å². The van der Waals surface area contributed by atoms with E-state index in [4.69, 9.17) is 10.5 Å². The molecule has 112 valence electrons. The number of hydrogen-bond acceptors (Lipinski definition) is 3. The Morgan fingerprint density at radius 3 is 2.63 bits per heavy atom. The monoisotopic (exact) mass is 268 g/mol.